The molecule has 0 aliphatic carbocycles. The number of anilines is 2. The van der Waals surface area contributed by atoms with Crippen molar-refractivity contribution in [2.24, 2.45) is 0 Å². The Kier molecular flexibility index (Phi) is 6.63. The summed E-state index contributed by atoms with van der Waals surface area (Å²) in [5, 5.41) is 6.97. The largest absolute Gasteiger partial charge is 0.329 e. The van der Waals surface area contributed by atoms with Crippen molar-refractivity contribution < 1.29 is 9.18 Å². The fourth-order valence-electron chi connectivity index (χ4n) is 4.46. The maximum Gasteiger partial charge on any atom is 0.256 e. The molecule has 0 bridgehead atoms. The number of hydrogen-bond acceptors (Lipinski definition) is 8. The molecule has 7 nitrogen and oxygen atoms in total. The smallest absolute Gasteiger partial charge is 0.256 e. The molecular formula is C26H25FN6OS2. The molecule has 1 N–H and O–H groups in total. The number of hydrogen-bond donors (Lipinski definition) is 1. The fourth-order valence-corrected chi connectivity index (χ4v) is 6.12. The van der Waals surface area contributed by atoms with Gasteiger partial charge in [-0.15, -0.1) is 22.7 Å². The predicted molar refractivity (Wildman–Crippen MR) is 142 cm³/mol. The number of thiazole rings is 2. The lowest BCUT2D eigenvalue weighted by molar-refractivity contribution is 0.0643. The molecule has 5 rings (SSSR count). The number of carbonyl (C=O) groups is 1. The second-order valence-electron chi connectivity index (χ2n) is 8.80. The zero-order chi connectivity index (χ0) is 25.4. The van der Waals surface area contributed by atoms with Crippen molar-refractivity contribution in [3.63, 3.8) is 0 Å². The van der Waals surface area contributed by atoms with Gasteiger partial charge in [0.25, 0.3) is 5.91 Å². The van der Waals surface area contributed by atoms with E-state index in [4.69, 9.17) is 0 Å². The van der Waals surface area contributed by atoms with E-state index in [1.54, 1.807) is 35.7 Å². The summed E-state index contributed by atoms with van der Waals surface area (Å²) >= 11 is 3.13. The van der Waals surface area contributed by atoms with Gasteiger partial charge in [-0.2, -0.15) is 0 Å². The van der Waals surface area contributed by atoms with Gasteiger partial charge in [-0.25, -0.2) is 19.3 Å². The van der Waals surface area contributed by atoms with Gasteiger partial charge in [0.05, 0.1) is 38.7 Å². The lowest BCUT2D eigenvalue weighted by Crippen LogP contribution is -2.46. The van der Waals surface area contributed by atoms with Crippen LogP contribution in [0.25, 0.3) is 16.1 Å². The van der Waals surface area contributed by atoms with Crippen LogP contribution in [0, 0.1) is 19.7 Å². The van der Waals surface area contributed by atoms with E-state index in [2.05, 4.69) is 25.3 Å². The molecule has 0 fully saturated rings. The molecular weight excluding hydrogens is 495 g/mol. The highest BCUT2D eigenvalue weighted by Gasteiger charge is 2.30. The fraction of sp³-hybridized carbons (Fsp3) is 0.269. The lowest BCUT2D eigenvalue weighted by atomic mass is 9.93. The minimum atomic E-state index is -0.362. The van der Waals surface area contributed by atoms with E-state index in [1.165, 1.54) is 23.6 Å². The van der Waals surface area contributed by atoms with E-state index < -0.39 is 0 Å². The quantitative estimate of drug-likeness (QED) is 0.334. The molecule has 36 heavy (non-hydrogen) atoms. The lowest BCUT2D eigenvalue weighted by Gasteiger charge is -2.38. The number of aromatic nitrogens is 4. The van der Waals surface area contributed by atoms with Crippen LogP contribution in [0.1, 0.15) is 47.0 Å². The van der Waals surface area contributed by atoms with E-state index >= 15 is 0 Å². The number of halogens is 1. The molecule has 1 aliphatic rings. The van der Waals surface area contributed by atoms with Crippen molar-refractivity contribution in [3.8, 4) is 10.6 Å². The average molecular weight is 521 g/mol. The highest BCUT2D eigenvalue weighted by molar-refractivity contribution is 7.16. The molecule has 0 unspecified atom stereocenters. The van der Waals surface area contributed by atoms with Crippen LogP contribution in [0.4, 0.5) is 15.3 Å². The molecule has 10 heteroatoms. The van der Waals surface area contributed by atoms with Gasteiger partial charge in [-0.1, -0.05) is 6.08 Å². The van der Waals surface area contributed by atoms with Crippen LogP contribution < -0.4 is 5.32 Å². The Morgan fingerprint density at radius 1 is 1.08 bits per heavy atom. The second-order valence-corrected chi connectivity index (χ2v) is 10.9. The molecule has 0 saturated carbocycles. The van der Waals surface area contributed by atoms with Gasteiger partial charge < -0.3 is 10.2 Å². The molecule has 1 aliphatic heterocycles. The first-order valence-electron chi connectivity index (χ1n) is 11.6. The zero-order valence-corrected chi connectivity index (χ0v) is 22.0. The number of nitrogens with zero attached hydrogens (tertiary/aromatic N) is 5. The predicted octanol–water partition coefficient (Wildman–Crippen LogP) is 6.26. The first-order valence-corrected chi connectivity index (χ1v) is 13.3. The third-order valence-electron chi connectivity index (χ3n) is 6.05. The topological polar surface area (TPSA) is 83.9 Å². The Hall–Kier alpha value is -3.50. The van der Waals surface area contributed by atoms with Crippen molar-refractivity contribution in [2.75, 3.05) is 5.32 Å². The van der Waals surface area contributed by atoms with Crippen molar-refractivity contribution in [2.45, 2.75) is 46.2 Å². The van der Waals surface area contributed by atoms with E-state index in [9.17, 15) is 9.18 Å². The Morgan fingerprint density at radius 3 is 2.56 bits per heavy atom. The Morgan fingerprint density at radius 2 is 1.92 bits per heavy atom. The van der Waals surface area contributed by atoms with E-state index in [0.717, 1.165) is 37.7 Å². The molecule has 184 valence electrons. The summed E-state index contributed by atoms with van der Waals surface area (Å²) in [6.07, 6.45) is 5.48. The summed E-state index contributed by atoms with van der Waals surface area (Å²) in [5.41, 5.74) is 4.15. The number of pyridine rings is 2. The molecule has 0 aromatic carbocycles. The maximum atomic E-state index is 13.3. The number of aryl methyl sites for hydroxylation is 2. The monoisotopic (exact) mass is 520 g/mol. The van der Waals surface area contributed by atoms with E-state index in [0.29, 0.717) is 17.8 Å². The molecule has 0 spiro atoms. The van der Waals surface area contributed by atoms with E-state index in [-0.39, 0.29) is 23.8 Å². The van der Waals surface area contributed by atoms with Gasteiger partial charge in [-0.3, -0.25) is 9.78 Å². The van der Waals surface area contributed by atoms with Gasteiger partial charge in [0, 0.05) is 23.7 Å². The Labute approximate surface area is 216 Å². The summed E-state index contributed by atoms with van der Waals surface area (Å²) < 4.78 is 13.3. The van der Waals surface area contributed by atoms with Crippen molar-refractivity contribution in [1.29, 1.82) is 0 Å². The van der Waals surface area contributed by atoms with Gasteiger partial charge >= 0.3 is 0 Å². The highest BCUT2D eigenvalue weighted by atomic mass is 32.1. The highest BCUT2D eigenvalue weighted by Crippen LogP contribution is 2.33. The standard InChI is InChI=1S/C26H25FN6OS2/c1-14-9-19(21-7-6-20(27)12-28-21)10-15(2)33(14)25(34)18-5-8-23(29-11-18)32-26-31-22(13-35-26)24-16(3)30-17(4)36-24/h5-9,11-15H,10H2,1-4H3,(H,29,31,32)/t14-,15+/m1/s1. The first kappa shape index (κ1) is 24.2. The van der Waals surface area contributed by atoms with Crippen LogP contribution >= 0.6 is 22.7 Å². The molecule has 0 saturated heterocycles. The van der Waals surface area contributed by atoms with Crippen LogP contribution in [0.5, 0.6) is 0 Å². The number of nitrogens with one attached hydrogen (secondary N) is 1. The summed E-state index contributed by atoms with van der Waals surface area (Å²) in [4.78, 5) is 34.0. The molecule has 0 radical (unpaired) electrons. The molecule has 2 atom stereocenters. The molecule has 1 amide bonds. The van der Waals surface area contributed by atoms with Gasteiger partial charge in [0.1, 0.15) is 11.6 Å². The zero-order valence-electron chi connectivity index (χ0n) is 20.3. The van der Waals surface area contributed by atoms with E-state index in [1.807, 2.05) is 44.1 Å². The van der Waals surface area contributed by atoms with Crippen molar-refractivity contribution in [3.05, 3.63) is 75.9 Å². The van der Waals surface area contributed by atoms with Crippen LogP contribution in [-0.4, -0.2) is 42.8 Å². The third-order valence-corrected chi connectivity index (χ3v) is 7.90. The molecule has 5 heterocycles. The van der Waals surface area contributed by atoms with Gasteiger partial charge in [0.2, 0.25) is 0 Å². The summed E-state index contributed by atoms with van der Waals surface area (Å²) in [5.74, 6) is 0.178. The Balaban J connectivity index is 1.28. The minimum Gasteiger partial charge on any atom is -0.329 e. The molecule has 4 aromatic heterocycles. The van der Waals surface area contributed by atoms with Gasteiger partial charge in [-0.05, 0) is 64.0 Å². The summed E-state index contributed by atoms with van der Waals surface area (Å²) in [7, 11) is 0. The SMILES string of the molecule is Cc1nc(C)c(-c2csc(Nc3ccc(C(=O)N4[C@H](C)C=C(c5ccc(F)cn5)C[C@@H]4C)cn3)n2)s1. The number of rotatable bonds is 5. The number of carbonyl (C=O) groups excluding carboxylic acids is 1. The summed E-state index contributed by atoms with van der Waals surface area (Å²) in [6, 6.07) is 6.49. The summed E-state index contributed by atoms with van der Waals surface area (Å²) in [6.45, 7) is 7.97. The Bertz CT molecular complexity index is 1430. The van der Waals surface area contributed by atoms with Crippen LogP contribution in [0.3, 0.4) is 0 Å². The first-order chi connectivity index (χ1) is 17.3. The van der Waals surface area contributed by atoms with Crippen molar-refractivity contribution >= 4 is 45.1 Å². The van der Waals surface area contributed by atoms with Crippen molar-refractivity contribution in [1.82, 2.24) is 24.8 Å². The second kappa shape index (κ2) is 9.87. The average Bonchev–Trinajstić information content (AvgIpc) is 3.44. The number of amides is 1. The van der Waals surface area contributed by atoms with Crippen LogP contribution in [0.15, 0.2) is 48.1 Å². The van der Waals surface area contributed by atoms with Gasteiger partial charge in [0.15, 0.2) is 5.13 Å². The van der Waals surface area contributed by atoms with Crippen LogP contribution in [0.2, 0.25) is 0 Å². The van der Waals surface area contributed by atoms with Crippen LogP contribution in [-0.2, 0) is 0 Å². The molecule has 4 aromatic rings. The maximum absolute atomic E-state index is 13.3. The minimum absolute atomic E-state index is 0.0373. The normalized spacial score (nSPS) is 17.7. The third kappa shape index (κ3) is 4.91.